The van der Waals surface area contributed by atoms with Crippen molar-refractivity contribution < 1.29 is 50.0 Å². The molecule has 4 fully saturated rings. The molecule has 4 aliphatic carbocycles. The van der Waals surface area contributed by atoms with Crippen LogP contribution in [0.4, 0.5) is 0 Å². The fourth-order valence-corrected chi connectivity index (χ4v) is 10.9. The van der Waals surface area contributed by atoms with Gasteiger partial charge in [-0.25, -0.2) is 0 Å². The second kappa shape index (κ2) is 11.8. The number of hydrogen-bond acceptors (Lipinski definition) is 10. The van der Waals surface area contributed by atoms with Crippen molar-refractivity contribution in [3.8, 4) is 11.5 Å². The number of aliphatic hydroxyl groups is 5. The minimum atomic E-state index is -1.46. The summed E-state index contributed by atoms with van der Waals surface area (Å²) in [5.74, 6) is -2.83. The van der Waals surface area contributed by atoms with Crippen molar-refractivity contribution in [2.75, 3.05) is 13.2 Å². The van der Waals surface area contributed by atoms with Gasteiger partial charge >= 0.3 is 0 Å². The number of rotatable bonds is 8. The summed E-state index contributed by atoms with van der Waals surface area (Å²) in [5, 5.41) is 78.2. The van der Waals surface area contributed by atoms with Gasteiger partial charge in [0.25, 0.3) is 0 Å². The second-order valence-electron chi connectivity index (χ2n) is 16.4. The molecular formula is C37H54O10. The van der Waals surface area contributed by atoms with Crippen LogP contribution >= 0.6 is 0 Å². The van der Waals surface area contributed by atoms with Crippen molar-refractivity contribution in [2.45, 2.75) is 121 Å². The Morgan fingerprint density at radius 3 is 2.32 bits per heavy atom. The molecule has 0 bridgehead atoms. The van der Waals surface area contributed by atoms with Gasteiger partial charge in [0.2, 0.25) is 0 Å². The first-order valence-corrected chi connectivity index (χ1v) is 17.4. The number of carbonyl (C=O) groups is 1. The van der Waals surface area contributed by atoms with Crippen LogP contribution in [-0.4, -0.2) is 96.5 Å². The van der Waals surface area contributed by atoms with Crippen molar-refractivity contribution in [1.29, 1.82) is 0 Å². The van der Waals surface area contributed by atoms with Gasteiger partial charge in [-0.05, 0) is 85.1 Å². The molecule has 0 spiro atoms. The average Bonchev–Trinajstić information content (AvgIpc) is 3.39. The summed E-state index contributed by atoms with van der Waals surface area (Å²) >= 11 is 0. The Morgan fingerprint density at radius 2 is 1.70 bits per heavy atom. The SMILES string of the molecule is CC(C)[C@H](C)[C@H](O)[C@H]1O[C@H]2C[C@]3(O)C4=CC(=O)[C@H]5[C@H](c6cc(O)cc(O)c6)[C@@H](O)[C@@H](OCCCO)C[C@]5(C)[C@@H]4CC[C@]3(C)[C@@H]2[C@@]1(C)O. The second-order valence-corrected chi connectivity index (χ2v) is 16.4. The Morgan fingerprint density at radius 1 is 1.04 bits per heavy atom. The van der Waals surface area contributed by atoms with E-state index in [9.17, 15) is 40.5 Å². The Kier molecular flexibility index (Phi) is 8.72. The van der Waals surface area contributed by atoms with E-state index in [-0.39, 0.29) is 54.7 Å². The lowest BCUT2D eigenvalue weighted by atomic mass is 9.43. The van der Waals surface area contributed by atoms with Gasteiger partial charge in [-0.15, -0.1) is 0 Å². The standard InChI is InChI=1S/C37H54O10/c1-18(2)19(3)30(42)33-36(6,44)32-27(47-33)17-37(45)24-15-25(41)29-28(20-12-21(39)14-22(40)13-20)31(43)26(46-11-7-10-38)16-34(29,4)23(24)8-9-35(32,37)5/h12-15,18-19,23,26-33,38-40,42-45H,7-11,16-17H2,1-6H3/t19-,23+,26-,27-,28-,29-,30-,31-,32+,33+,34+,35+,36+,37-/m0/s1. The number of allylic oxidation sites excluding steroid dienone is 1. The molecule has 0 amide bonds. The smallest absolute Gasteiger partial charge is 0.160 e. The molecule has 262 valence electrons. The summed E-state index contributed by atoms with van der Waals surface area (Å²) in [4.78, 5) is 14.4. The van der Waals surface area contributed by atoms with E-state index < -0.39 is 70.3 Å². The number of aromatic hydroxyl groups is 2. The van der Waals surface area contributed by atoms with Crippen molar-refractivity contribution in [3.63, 3.8) is 0 Å². The van der Waals surface area contributed by atoms with Crippen molar-refractivity contribution in [2.24, 2.45) is 40.4 Å². The Balaban J connectivity index is 1.40. The molecule has 0 radical (unpaired) electrons. The Bertz CT molecular complexity index is 1390. The summed E-state index contributed by atoms with van der Waals surface area (Å²) in [6, 6.07) is 4.13. The molecule has 7 N–H and O–H groups in total. The number of hydrogen-bond donors (Lipinski definition) is 7. The van der Waals surface area contributed by atoms with Crippen LogP contribution < -0.4 is 0 Å². The lowest BCUT2D eigenvalue weighted by molar-refractivity contribution is -0.181. The van der Waals surface area contributed by atoms with Crippen molar-refractivity contribution >= 4 is 5.78 Å². The maximum absolute atomic E-state index is 14.4. The number of aliphatic hydroxyl groups excluding tert-OH is 3. The first-order valence-electron chi connectivity index (χ1n) is 17.4. The quantitative estimate of drug-likeness (QED) is 0.205. The topological polar surface area (TPSA) is 177 Å². The van der Waals surface area contributed by atoms with Gasteiger partial charge in [-0.2, -0.15) is 0 Å². The van der Waals surface area contributed by atoms with Gasteiger partial charge < -0.3 is 45.2 Å². The van der Waals surface area contributed by atoms with Crippen LogP contribution in [0.5, 0.6) is 11.5 Å². The Labute approximate surface area is 277 Å². The normalized spacial score (nSPS) is 45.5. The lowest BCUT2D eigenvalue weighted by Gasteiger charge is -2.62. The molecule has 47 heavy (non-hydrogen) atoms. The van der Waals surface area contributed by atoms with Gasteiger partial charge in [0.1, 0.15) is 17.6 Å². The van der Waals surface area contributed by atoms with Gasteiger partial charge in [0, 0.05) is 48.9 Å². The average molecular weight is 659 g/mol. The van der Waals surface area contributed by atoms with Crippen LogP contribution in [0, 0.1) is 40.4 Å². The third kappa shape index (κ3) is 5.03. The number of ketones is 1. The fraction of sp³-hybridized carbons (Fsp3) is 0.757. The fourth-order valence-electron chi connectivity index (χ4n) is 10.9. The predicted molar refractivity (Wildman–Crippen MR) is 172 cm³/mol. The molecule has 1 heterocycles. The maximum Gasteiger partial charge on any atom is 0.160 e. The largest absolute Gasteiger partial charge is 0.508 e. The lowest BCUT2D eigenvalue weighted by Crippen LogP contribution is -2.64. The van der Waals surface area contributed by atoms with E-state index in [1.165, 1.54) is 18.2 Å². The summed E-state index contributed by atoms with van der Waals surface area (Å²) in [6.45, 7) is 11.9. The van der Waals surface area contributed by atoms with Crippen LogP contribution in [0.25, 0.3) is 0 Å². The molecule has 10 heteroatoms. The predicted octanol–water partition coefficient (Wildman–Crippen LogP) is 3.18. The minimum Gasteiger partial charge on any atom is -0.508 e. The molecule has 6 rings (SSSR count). The zero-order chi connectivity index (χ0) is 34.4. The molecule has 1 aliphatic heterocycles. The summed E-state index contributed by atoms with van der Waals surface area (Å²) in [5.41, 5.74) is -3.45. The van der Waals surface area contributed by atoms with Crippen molar-refractivity contribution in [3.05, 3.63) is 35.4 Å². The van der Waals surface area contributed by atoms with Crippen LogP contribution in [0.15, 0.2) is 29.8 Å². The highest BCUT2D eigenvalue weighted by molar-refractivity contribution is 5.96. The van der Waals surface area contributed by atoms with Gasteiger partial charge in [-0.3, -0.25) is 4.79 Å². The minimum absolute atomic E-state index is 0.0748. The first kappa shape index (κ1) is 34.8. The number of carbonyl (C=O) groups excluding carboxylic acids is 1. The summed E-state index contributed by atoms with van der Waals surface area (Å²) in [6.07, 6.45) is -0.452. The number of phenols is 2. The number of benzene rings is 1. The molecule has 14 atom stereocenters. The van der Waals surface area contributed by atoms with Gasteiger partial charge in [0.15, 0.2) is 5.78 Å². The van der Waals surface area contributed by atoms with E-state index >= 15 is 0 Å². The summed E-state index contributed by atoms with van der Waals surface area (Å²) in [7, 11) is 0. The van der Waals surface area contributed by atoms with Crippen LogP contribution in [0.2, 0.25) is 0 Å². The molecule has 5 aliphatic rings. The van der Waals surface area contributed by atoms with E-state index in [1.54, 1.807) is 13.0 Å². The zero-order valence-electron chi connectivity index (χ0n) is 28.5. The van der Waals surface area contributed by atoms with Gasteiger partial charge in [-0.1, -0.05) is 34.6 Å². The monoisotopic (exact) mass is 658 g/mol. The molecular weight excluding hydrogens is 604 g/mol. The third-order valence-corrected chi connectivity index (χ3v) is 13.5. The highest BCUT2D eigenvalue weighted by Crippen LogP contribution is 2.71. The third-order valence-electron chi connectivity index (χ3n) is 13.5. The van der Waals surface area contributed by atoms with E-state index in [2.05, 4.69) is 0 Å². The van der Waals surface area contributed by atoms with Gasteiger partial charge in [0.05, 0.1) is 35.6 Å². The highest BCUT2D eigenvalue weighted by Gasteiger charge is 2.75. The van der Waals surface area contributed by atoms with E-state index in [0.717, 1.165) is 0 Å². The van der Waals surface area contributed by atoms with E-state index in [0.29, 0.717) is 36.8 Å². The van der Waals surface area contributed by atoms with Crippen LogP contribution in [-0.2, 0) is 14.3 Å². The summed E-state index contributed by atoms with van der Waals surface area (Å²) < 4.78 is 12.6. The molecule has 1 aromatic rings. The highest BCUT2D eigenvalue weighted by atomic mass is 16.5. The van der Waals surface area contributed by atoms with Crippen molar-refractivity contribution in [1.82, 2.24) is 0 Å². The number of fused-ring (bicyclic) bond motifs is 7. The van der Waals surface area contributed by atoms with E-state index in [1.807, 2.05) is 34.6 Å². The molecule has 1 aromatic carbocycles. The molecule has 0 aromatic heterocycles. The molecule has 10 nitrogen and oxygen atoms in total. The van der Waals surface area contributed by atoms with Crippen LogP contribution in [0.1, 0.15) is 85.1 Å². The van der Waals surface area contributed by atoms with Crippen LogP contribution in [0.3, 0.4) is 0 Å². The first-order chi connectivity index (χ1) is 21.9. The number of phenolic OH excluding ortho intramolecular Hbond substituents is 2. The maximum atomic E-state index is 14.4. The zero-order valence-corrected chi connectivity index (χ0v) is 28.5. The Hall–Kier alpha value is -2.05. The number of ether oxygens (including phenoxy) is 2. The molecule has 3 saturated carbocycles. The molecule has 1 saturated heterocycles. The van der Waals surface area contributed by atoms with E-state index in [4.69, 9.17) is 9.47 Å². The molecule has 0 unspecified atom stereocenters.